The highest BCUT2D eigenvalue weighted by Crippen LogP contribution is 2.30. The van der Waals surface area contributed by atoms with Crippen molar-refractivity contribution < 1.29 is 0 Å². The van der Waals surface area contributed by atoms with E-state index in [4.69, 9.17) is 0 Å². The third-order valence-corrected chi connectivity index (χ3v) is 4.60. The van der Waals surface area contributed by atoms with E-state index in [1.165, 1.54) is 16.5 Å². The summed E-state index contributed by atoms with van der Waals surface area (Å²) in [6, 6.07) is 19.0. The van der Waals surface area contributed by atoms with E-state index in [0.29, 0.717) is 0 Å². The molecule has 5 aromatic rings. The van der Waals surface area contributed by atoms with Crippen LogP contribution in [-0.4, -0.2) is 19.5 Å². The molecule has 0 aliphatic carbocycles. The first-order valence-electron chi connectivity index (χ1n) is 8.29. The summed E-state index contributed by atoms with van der Waals surface area (Å²) < 4.78 is 2.09. The molecule has 0 aliphatic heterocycles. The van der Waals surface area contributed by atoms with E-state index in [9.17, 15) is 0 Å². The van der Waals surface area contributed by atoms with E-state index in [1.54, 1.807) is 0 Å². The maximum atomic E-state index is 4.44. The molecule has 4 heteroatoms. The van der Waals surface area contributed by atoms with Gasteiger partial charge < -0.3 is 9.55 Å². The topological polar surface area (TPSA) is 46.5 Å². The first-order valence-corrected chi connectivity index (χ1v) is 8.29. The average molecular weight is 324 g/mol. The number of fused-ring (bicyclic) bond motifs is 3. The lowest BCUT2D eigenvalue weighted by Gasteiger charge is -2.13. The van der Waals surface area contributed by atoms with Gasteiger partial charge in [-0.05, 0) is 29.3 Å². The largest absolute Gasteiger partial charge is 0.354 e. The Hall–Kier alpha value is -3.40. The van der Waals surface area contributed by atoms with Crippen LogP contribution in [0.1, 0.15) is 5.56 Å². The van der Waals surface area contributed by atoms with E-state index in [0.717, 1.165) is 28.7 Å². The Morgan fingerprint density at radius 2 is 1.84 bits per heavy atom. The quantitative estimate of drug-likeness (QED) is 0.526. The van der Waals surface area contributed by atoms with E-state index in [2.05, 4.69) is 68.0 Å². The molecule has 0 saturated heterocycles. The van der Waals surface area contributed by atoms with Gasteiger partial charge >= 0.3 is 0 Å². The Labute approximate surface area is 144 Å². The molecule has 0 bridgehead atoms. The van der Waals surface area contributed by atoms with Gasteiger partial charge in [0.15, 0.2) is 0 Å². The lowest BCUT2D eigenvalue weighted by atomic mass is 10.0. The number of rotatable bonds is 3. The summed E-state index contributed by atoms with van der Waals surface area (Å²) in [6.45, 7) is 0.782. The molecule has 0 atom stereocenters. The van der Waals surface area contributed by atoms with Crippen molar-refractivity contribution in [3.05, 3.63) is 85.1 Å². The standard InChI is InChI=1S/C21H16N4/c1-2-4-15(5-3-1)20-12-16(13-25-11-10-22-14-25)17-6-7-19-18(8-9-23-19)21(17)24-20/h1-12,14,24H,13H2. The molecule has 3 heterocycles. The molecular formula is C21H16N4. The minimum absolute atomic E-state index is 0.782. The molecule has 0 spiro atoms. The SMILES string of the molecule is c1ccc(-c2cc(Cn3ccnc3)c3ccc4nccc4c3[nH]2)cc1. The second-order valence-corrected chi connectivity index (χ2v) is 6.18. The van der Waals surface area contributed by atoms with Gasteiger partial charge in [0.1, 0.15) is 0 Å². The minimum atomic E-state index is 0.782. The van der Waals surface area contributed by atoms with Crippen LogP contribution in [0.5, 0.6) is 0 Å². The van der Waals surface area contributed by atoms with Crippen LogP contribution in [0.4, 0.5) is 0 Å². The van der Waals surface area contributed by atoms with Crippen molar-refractivity contribution in [3.63, 3.8) is 0 Å². The van der Waals surface area contributed by atoms with Crippen LogP contribution in [0.25, 0.3) is 33.1 Å². The fourth-order valence-electron chi connectivity index (χ4n) is 3.39. The van der Waals surface area contributed by atoms with Crippen molar-refractivity contribution >= 4 is 21.8 Å². The first-order chi connectivity index (χ1) is 12.4. The predicted octanol–water partition coefficient (Wildman–Crippen LogP) is 4.63. The third-order valence-electron chi connectivity index (χ3n) is 4.60. The predicted molar refractivity (Wildman–Crippen MR) is 100 cm³/mol. The highest BCUT2D eigenvalue weighted by atomic mass is 15.0. The van der Waals surface area contributed by atoms with Gasteiger partial charge in [-0.1, -0.05) is 36.4 Å². The molecule has 1 N–H and O–H groups in total. The van der Waals surface area contributed by atoms with Crippen LogP contribution in [0.15, 0.2) is 79.5 Å². The maximum absolute atomic E-state index is 4.44. The Morgan fingerprint density at radius 1 is 0.920 bits per heavy atom. The second kappa shape index (κ2) is 5.60. The van der Waals surface area contributed by atoms with Crippen molar-refractivity contribution in [3.8, 4) is 11.3 Å². The second-order valence-electron chi connectivity index (χ2n) is 6.18. The van der Waals surface area contributed by atoms with Gasteiger partial charge in [0, 0.05) is 41.6 Å². The van der Waals surface area contributed by atoms with Crippen LogP contribution in [0.3, 0.4) is 0 Å². The van der Waals surface area contributed by atoms with Gasteiger partial charge in [0.25, 0.3) is 0 Å². The van der Waals surface area contributed by atoms with E-state index in [-0.39, 0.29) is 0 Å². The van der Waals surface area contributed by atoms with E-state index in [1.807, 2.05) is 31.0 Å². The number of hydrogen-bond donors (Lipinski definition) is 1. The van der Waals surface area contributed by atoms with Crippen molar-refractivity contribution in [1.82, 2.24) is 19.5 Å². The molecular weight excluding hydrogens is 308 g/mol. The van der Waals surface area contributed by atoms with Gasteiger partial charge in [-0.3, -0.25) is 4.98 Å². The van der Waals surface area contributed by atoms with Crippen molar-refractivity contribution in [1.29, 1.82) is 0 Å². The number of nitrogens with zero attached hydrogens (tertiary/aromatic N) is 3. The van der Waals surface area contributed by atoms with E-state index >= 15 is 0 Å². The summed E-state index contributed by atoms with van der Waals surface area (Å²) in [7, 11) is 0. The molecule has 0 saturated carbocycles. The summed E-state index contributed by atoms with van der Waals surface area (Å²) in [5.74, 6) is 0. The summed E-state index contributed by atoms with van der Waals surface area (Å²) in [5, 5.41) is 2.37. The zero-order chi connectivity index (χ0) is 16.6. The van der Waals surface area contributed by atoms with Gasteiger partial charge in [0.05, 0.1) is 17.4 Å². The van der Waals surface area contributed by atoms with Gasteiger partial charge in [-0.25, -0.2) is 4.98 Å². The Bertz CT molecular complexity index is 1150. The lowest BCUT2D eigenvalue weighted by Crippen LogP contribution is -2.00. The first kappa shape index (κ1) is 14.0. The molecule has 3 aromatic heterocycles. The highest BCUT2D eigenvalue weighted by molar-refractivity contribution is 6.05. The van der Waals surface area contributed by atoms with Crippen LogP contribution < -0.4 is 0 Å². The normalized spacial score (nSPS) is 11.4. The summed E-state index contributed by atoms with van der Waals surface area (Å²) in [5.41, 5.74) is 5.69. The number of pyridine rings is 1. The summed E-state index contributed by atoms with van der Waals surface area (Å²) in [6.07, 6.45) is 7.53. The van der Waals surface area contributed by atoms with Gasteiger partial charge in [-0.2, -0.15) is 0 Å². The number of aromatic amines is 1. The maximum Gasteiger partial charge on any atom is 0.0949 e. The average Bonchev–Trinajstić information content (AvgIpc) is 3.33. The number of hydrogen-bond acceptors (Lipinski definition) is 2. The summed E-state index contributed by atoms with van der Waals surface area (Å²) >= 11 is 0. The molecule has 2 aromatic carbocycles. The van der Waals surface area contributed by atoms with Crippen LogP contribution >= 0.6 is 0 Å². The molecule has 0 unspecified atom stereocenters. The molecule has 4 nitrogen and oxygen atoms in total. The Kier molecular flexibility index (Phi) is 3.13. The third kappa shape index (κ3) is 2.39. The van der Waals surface area contributed by atoms with Crippen molar-refractivity contribution in [2.75, 3.05) is 0 Å². The molecule has 120 valence electrons. The molecule has 5 rings (SSSR count). The van der Waals surface area contributed by atoms with Crippen LogP contribution in [0, 0.1) is 0 Å². The summed E-state index contributed by atoms with van der Waals surface area (Å²) in [4.78, 5) is 12.2. The molecule has 25 heavy (non-hydrogen) atoms. The number of aromatic nitrogens is 4. The fraction of sp³-hybridized carbons (Fsp3) is 0.0476. The van der Waals surface area contributed by atoms with Gasteiger partial charge in [-0.15, -0.1) is 0 Å². The molecule has 0 fully saturated rings. The van der Waals surface area contributed by atoms with Crippen LogP contribution in [0.2, 0.25) is 0 Å². The number of H-pyrrole nitrogens is 1. The highest BCUT2D eigenvalue weighted by Gasteiger charge is 2.10. The van der Waals surface area contributed by atoms with Crippen molar-refractivity contribution in [2.24, 2.45) is 0 Å². The lowest BCUT2D eigenvalue weighted by molar-refractivity contribution is 0.802. The van der Waals surface area contributed by atoms with Gasteiger partial charge in [0.2, 0.25) is 0 Å². The molecule has 0 aliphatic rings. The zero-order valence-corrected chi connectivity index (χ0v) is 13.6. The zero-order valence-electron chi connectivity index (χ0n) is 13.6. The van der Waals surface area contributed by atoms with Crippen LogP contribution in [-0.2, 0) is 6.54 Å². The van der Waals surface area contributed by atoms with E-state index < -0.39 is 0 Å². The number of benzene rings is 2. The minimum Gasteiger partial charge on any atom is -0.354 e. The van der Waals surface area contributed by atoms with Crippen molar-refractivity contribution in [2.45, 2.75) is 6.54 Å². The molecule has 0 radical (unpaired) electrons. The number of imidazole rings is 1. The Morgan fingerprint density at radius 3 is 2.68 bits per heavy atom. The fourth-order valence-corrected chi connectivity index (χ4v) is 3.39. The Balaban J connectivity index is 1.80. The smallest absolute Gasteiger partial charge is 0.0949 e. The monoisotopic (exact) mass is 324 g/mol. The number of nitrogens with one attached hydrogen (secondary N) is 1. The molecule has 0 amide bonds.